The molecular formula is C16H23Cl2N3O2. The van der Waals surface area contributed by atoms with Gasteiger partial charge >= 0.3 is 0 Å². The molecule has 2 heterocycles. The molecule has 1 aromatic carbocycles. The van der Waals surface area contributed by atoms with Gasteiger partial charge in [-0.2, -0.15) is 0 Å². The quantitative estimate of drug-likeness (QED) is 0.874. The fourth-order valence-corrected chi connectivity index (χ4v) is 3.25. The molecule has 0 aromatic heterocycles. The lowest BCUT2D eigenvalue weighted by atomic mass is 10.1. The summed E-state index contributed by atoms with van der Waals surface area (Å²) in [7, 11) is 0. The normalized spacial score (nSPS) is 25.0. The Morgan fingerprint density at radius 3 is 2.70 bits per heavy atom. The molecule has 7 heteroatoms. The van der Waals surface area contributed by atoms with Crippen LogP contribution in [0.2, 0.25) is 5.02 Å². The van der Waals surface area contributed by atoms with E-state index in [1.165, 1.54) is 0 Å². The maximum absolute atomic E-state index is 12.6. The number of hydrogen-bond donors (Lipinski definition) is 1. The minimum atomic E-state index is -0.216. The Bertz CT molecular complexity index is 536. The third-order valence-corrected chi connectivity index (χ3v) is 4.58. The summed E-state index contributed by atoms with van der Waals surface area (Å²) in [5, 5.41) is 4.01. The summed E-state index contributed by atoms with van der Waals surface area (Å²) in [6.45, 7) is 6.49. The van der Waals surface area contributed by atoms with E-state index in [0.29, 0.717) is 6.61 Å². The lowest BCUT2D eigenvalue weighted by Gasteiger charge is -2.39. The number of amides is 1. The van der Waals surface area contributed by atoms with Gasteiger partial charge in [-0.25, -0.2) is 0 Å². The first-order valence-corrected chi connectivity index (χ1v) is 8.17. The summed E-state index contributed by atoms with van der Waals surface area (Å²) >= 11 is 6.05. The molecule has 5 nitrogen and oxygen atoms in total. The molecular weight excluding hydrogens is 337 g/mol. The van der Waals surface area contributed by atoms with Gasteiger partial charge in [0, 0.05) is 43.4 Å². The third kappa shape index (κ3) is 4.29. The van der Waals surface area contributed by atoms with Crippen LogP contribution in [0.15, 0.2) is 24.3 Å². The van der Waals surface area contributed by atoms with Crippen LogP contribution in [0.5, 0.6) is 0 Å². The van der Waals surface area contributed by atoms with E-state index < -0.39 is 0 Å². The highest BCUT2D eigenvalue weighted by molar-refractivity contribution is 6.30. The summed E-state index contributed by atoms with van der Waals surface area (Å²) in [6.07, 6.45) is -0.0628. The highest BCUT2D eigenvalue weighted by Crippen LogP contribution is 2.21. The van der Waals surface area contributed by atoms with Gasteiger partial charge in [0.1, 0.15) is 6.04 Å². The van der Waals surface area contributed by atoms with Crippen molar-refractivity contribution in [2.75, 3.05) is 44.2 Å². The summed E-state index contributed by atoms with van der Waals surface area (Å²) in [5.41, 5.74) is 1.12. The van der Waals surface area contributed by atoms with Crippen LogP contribution in [-0.4, -0.2) is 62.3 Å². The van der Waals surface area contributed by atoms with Crippen LogP contribution >= 0.6 is 24.0 Å². The minimum absolute atomic E-state index is 0. The van der Waals surface area contributed by atoms with Crippen molar-refractivity contribution < 1.29 is 9.53 Å². The fraction of sp³-hybridized carbons (Fsp3) is 0.562. The molecule has 2 atom stereocenters. The summed E-state index contributed by atoms with van der Waals surface area (Å²) in [6, 6.07) is 7.65. The van der Waals surface area contributed by atoms with Crippen molar-refractivity contribution in [3.63, 3.8) is 0 Å². The third-order valence-electron chi connectivity index (χ3n) is 4.35. The molecule has 1 aromatic rings. The Labute approximate surface area is 148 Å². The largest absolute Gasteiger partial charge is 0.375 e. The zero-order chi connectivity index (χ0) is 15.5. The molecule has 0 spiro atoms. The van der Waals surface area contributed by atoms with E-state index in [9.17, 15) is 4.79 Å². The highest BCUT2D eigenvalue weighted by Gasteiger charge is 2.33. The van der Waals surface area contributed by atoms with Crippen molar-refractivity contribution in [1.29, 1.82) is 0 Å². The molecule has 3 rings (SSSR count). The van der Waals surface area contributed by atoms with Gasteiger partial charge in [-0.05, 0) is 25.1 Å². The number of carbonyl (C=O) groups is 1. The van der Waals surface area contributed by atoms with Crippen molar-refractivity contribution in [2.45, 2.75) is 19.1 Å². The molecule has 2 fully saturated rings. The Kier molecular flexibility index (Phi) is 6.53. The molecule has 0 radical (unpaired) electrons. The van der Waals surface area contributed by atoms with Crippen LogP contribution in [0.4, 0.5) is 5.69 Å². The lowest BCUT2D eigenvalue weighted by molar-refractivity contribution is -0.139. The van der Waals surface area contributed by atoms with E-state index in [1.807, 2.05) is 30.0 Å². The van der Waals surface area contributed by atoms with E-state index in [2.05, 4.69) is 16.3 Å². The van der Waals surface area contributed by atoms with Gasteiger partial charge in [-0.3, -0.25) is 4.79 Å². The second-order valence-electron chi connectivity index (χ2n) is 5.80. The topological polar surface area (TPSA) is 44.8 Å². The van der Waals surface area contributed by atoms with E-state index in [1.54, 1.807) is 0 Å². The van der Waals surface area contributed by atoms with Crippen LogP contribution in [0, 0.1) is 0 Å². The molecule has 1 N–H and O–H groups in total. The molecule has 2 saturated heterocycles. The predicted octanol–water partition coefficient (Wildman–Crippen LogP) is 1.79. The van der Waals surface area contributed by atoms with Crippen LogP contribution in [0.3, 0.4) is 0 Å². The van der Waals surface area contributed by atoms with Crippen LogP contribution in [-0.2, 0) is 9.53 Å². The number of nitrogens with zero attached hydrogens (tertiary/aromatic N) is 2. The zero-order valence-corrected chi connectivity index (χ0v) is 14.8. The number of halogens is 2. The first-order valence-electron chi connectivity index (χ1n) is 7.79. The molecule has 23 heavy (non-hydrogen) atoms. The van der Waals surface area contributed by atoms with E-state index in [4.69, 9.17) is 16.3 Å². The number of carbonyl (C=O) groups excluding carboxylic acids is 1. The number of rotatable bonds is 2. The lowest BCUT2D eigenvalue weighted by Crippen LogP contribution is -2.59. The van der Waals surface area contributed by atoms with E-state index in [0.717, 1.165) is 43.4 Å². The Morgan fingerprint density at radius 2 is 2.04 bits per heavy atom. The average Bonchev–Trinajstić information content (AvgIpc) is 2.55. The summed E-state index contributed by atoms with van der Waals surface area (Å²) in [4.78, 5) is 16.8. The molecule has 0 bridgehead atoms. The smallest absolute Gasteiger partial charge is 0.242 e. The molecule has 1 amide bonds. The fourth-order valence-electron chi connectivity index (χ4n) is 3.06. The molecule has 2 aliphatic rings. The number of ether oxygens (including phenoxy) is 1. The number of anilines is 1. The van der Waals surface area contributed by atoms with E-state index >= 15 is 0 Å². The van der Waals surface area contributed by atoms with Gasteiger partial charge in [0.25, 0.3) is 0 Å². The minimum Gasteiger partial charge on any atom is -0.375 e. The number of hydrogen-bond acceptors (Lipinski definition) is 4. The number of morpholine rings is 1. The van der Waals surface area contributed by atoms with Gasteiger partial charge < -0.3 is 19.9 Å². The Balaban J connectivity index is 0.00000192. The maximum atomic E-state index is 12.6. The van der Waals surface area contributed by atoms with E-state index in [-0.39, 0.29) is 30.5 Å². The van der Waals surface area contributed by atoms with Crippen LogP contribution in [0.1, 0.15) is 6.92 Å². The van der Waals surface area contributed by atoms with Crippen molar-refractivity contribution in [3.8, 4) is 0 Å². The molecule has 0 aliphatic carbocycles. The van der Waals surface area contributed by atoms with Gasteiger partial charge in [0.2, 0.25) is 5.91 Å². The van der Waals surface area contributed by atoms with Gasteiger partial charge in [-0.1, -0.05) is 17.7 Å². The number of piperazine rings is 1. The van der Waals surface area contributed by atoms with Gasteiger partial charge in [0.15, 0.2) is 0 Å². The summed E-state index contributed by atoms with van der Waals surface area (Å²) < 4.78 is 5.57. The SMILES string of the molecule is C[C@H]1OCCN[C@@H]1C(=O)N1CCN(c2cccc(Cl)c2)CC1.Cl. The Hall–Kier alpha value is -1.01. The van der Waals surface area contributed by atoms with Crippen LogP contribution < -0.4 is 10.2 Å². The summed E-state index contributed by atoms with van der Waals surface area (Å²) in [5.74, 6) is 0.151. The first kappa shape index (κ1) is 18.3. The zero-order valence-electron chi connectivity index (χ0n) is 13.2. The predicted molar refractivity (Wildman–Crippen MR) is 94.7 cm³/mol. The molecule has 128 valence electrons. The molecule has 2 aliphatic heterocycles. The van der Waals surface area contributed by atoms with Crippen LogP contribution in [0.25, 0.3) is 0 Å². The van der Waals surface area contributed by atoms with Crippen molar-refractivity contribution in [1.82, 2.24) is 10.2 Å². The van der Waals surface area contributed by atoms with Crippen molar-refractivity contribution in [2.24, 2.45) is 0 Å². The number of benzene rings is 1. The second kappa shape index (κ2) is 8.20. The maximum Gasteiger partial charge on any atom is 0.242 e. The standard InChI is InChI=1S/C16H22ClN3O2.ClH/c1-12-15(18-5-10-22-12)16(21)20-8-6-19(7-9-20)14-4-2-3-13(17)11-14;/h2-4,11-12,15,18H,5-10H2,1H3;1H/t12-,15+;/m1./s1. The monoisotopic (exact) mass is 359 g/mol. The average molecular weight is 360 g/mol. The molecule has 0 unspecified atom stereocenters. The first-order chi connectivity index (χ1) is 10.6. The Morgan fingerprint density at radius 1 is 1.30 bits per heavy atom. The van der Waals surface area contributed by atoms with Gasteiger partial charge in [-0.15, -0.1) is 12.4 Å². The molecule has 0 saturated carbocycles. The van der Waals surface area contributed by atoms with Crippen molar-refractivity contribution in [3.05, 3.63) is 29.3 Å². The van der Waals surface area contributed by atoms with Gasteiger partial charge in [0.05, 0.1) is 12.7 Å². The van der Waals surface area contributed by atoms with Crippen molar-refractivity contribution >= 4 is 35.6 Å². The number of nitrogens with one attached hydrogen (secondary N) is 1. The second-order valence-corrected chi connectivity index (χ2v) is 6.24. The highest BCUT2D eigenvalue weighted by atomic mass is 35.5.